The quantitative estimate of drug-likeness (QED) is 0.558. The molecule has 3 rings (SSSR count). The number of fused-ring (bicyclic) bond motifs is 1. The van der Waals surface area contributed by atoms with Crippen LogP contribution in [0.3, 0.4) is 0 Å². The molecule has 1 aliphatic rings. The Morgan fingerprint density at radius 2 is 2.10 bits per heavy atom. The Morgan fingerprint density at radius 1 is 1.24 bits per heavy atom. The van der Waals surface area contributed by atoms with Crippen molar-refractivity contribution in [1.29, 1.82) is 0 Å². The van der Waals surface area contributed by atoms with Crippen LogP contribution in [0.1, 0.15) is 56.5 Å². The third-order valence-electron chi connectivity index (χ3n) is 4.83. The smallest absolute Gasteiger partial charge is 0.111 e. The monoisotopic (exact) mass is 304 g/mol. The second kappa shape index (κ2) is 6.39. The van der Waals surface area contributed by atoms with Crippen LogP contribution in [-0.2, 0) is 6.42 Å². The molecule has 2 nitrogen and oxygen atoms in total. The lowest BCUT2D eigenvalue weighted by atomic mass is 10.0. The van der Waals surface area contributed by atoms with Gasteiger partial charge in [-0.25, -0.2) is 4.98 Å². The number of aromatic nitrogens is 2. The zero-order valence-corrected chi connectivity index (χ0v) is 13.9. The van der Waals surface area contributed by atoms with Crippen LogP contribution in [0.25, 0.3) is 11.0 Å². The molecule has 0 saturated heterocycles. The minimum absolute atomic E-state index is 0.597. The van der Waals surface area contributed by atoms with Crippen LogP contribution in [0, 0.1) is 12.8 Å². The molecule has 0 spiro atoms. The van der Waals surface area contributed by atoms with E-state index in [1.54, 1.807) is 0 Å². The summed E-state index contributed by atoms with van der Waals surface area (Å²) in [5.41, 5.74) is 3.73. The van der Waals surface area contributed by atoms with Crippen LogP contribution in [-0.4, -0.2) is 15.4 Å². The molecule has 1 saturated carbocycles. The third kappa shape index (κ3) is 3.11. The molecular formula is C18H25ClN2. The number of imidazole rings is 1. The molecule has 2 atom stereocenters. The summed E-state index contributed by atoms with van der Waals surface area (Å²) in [5, 5.41) is 0. The van der Waals surface area contributed by atoms with E-state index in [1.807, 2.05) is 0 Å². The number of benzene rings is 1. The first-order valence-electron chi connectivity index (χ1n) is 8.22. The van der Waals surface area contributed by atoms with E-state index in [4.69, 9.17) is 16.6 Å². The lowest BCUT2D eigenvalue weighted by molar-refractivity contribution is 0.431. The van der Waals surface area contributed by atoms with Crippen molar-refractivity contribution in [3.63, 3.8) is 0 Å². The van der Waals surface area contributed by atoms with Crippen molar-refractivity contribution < 1.29 is 0 Å². The van der Waals surface area contributed by atoms with Gasteiger partial charge in [-0.05, 0) is 49.8 Å². The highest BCUT2D eigenvalue weighted by atomic mass is 35.5. The van der Waals surface area contributed by atoms with Gasteiger partial charge < -0.3 is 4.57 Å². The first-order valence-corrected chi connectivity index (χ1v) is 8.76. The Labute approximate surface area is 132 Å². The van der Waals surface area contributed by atoms with E-state index in [-0.39, 0.29) is 0 Å². The second-order valence-electron chi connectivity index (χ2n) is 6.60. The molecule has 2 unspecified atom stereocenters. The standard InChI is InChI=1S/C18H25ClN2/c1-13-4-3-5-15(8-6-13)21-17-12-14(2)7-9-16(17)20-18(21)10-11-19/h7,9,12-13,15H,3-6,8,10-11H2,1-2H3. The molecular weight excluding hydrogens is 280 g/mol. The van der Waals surface area contributed by atoms with Crippen molar-refractivity contribution in [3.8, 4) is 0 Å². The van der Waals surface area contributed by atoms with Gasteiger partial charge in [0.1, 0.15) is 5.82 Å². The van der Waals surface area contributed by atoms with E-state index in [1.165, 1.54) is 49.0 Å². The number of rotatable bonds is 3. The highest BCUT2D eigenvalue weighted by Gasteiger charge is 2.22. The van der Waals surface area contributed by atoms with E-state index in [9.17, 15) is 0 Å². The van der Waals surface area contributed by atoms with Gasteiger partial charge in [0.2, 0.25) is 0 Å². The van der Waals surface area contributed by atoms with Crippen LogP contribution < -0.4 is 0 Å². The topological polar surface area (TPSA) is 17.8 Å². The first-order chi connectivity index (χ1) is 10.2. The molecule has 1 fully saturated rings. The lowest BCUT2D eigenvalue weighted by Gasteiger charge is -2.20. The van der Waals surface area contributed by atoms with Crippen molar-refractivity contribution in [3.05, 3.63) is 29.6 Å². The van der Waals surface area contributed by atoms with Gasteiger partial charge in [0, 0.05) is 18.3 Å². The van der Waals surface area contributed by atoms with Crippen LogP contribution in [0.2, 0.25) is 0 Å². The van der Waals surface area contributed by atoms with Crippen LogP contribution in [0.4, 0.5) is 0 Å². The molecule has 114 valence electrons. The Hall–Kier alpha value is -1.02. The molecule has 0 bridgehead atoms. The maximum absolute atomic E-state index is 6.01. The maximum atomic E-state index is 6.01. The van der Waals surface area contributed by atoms with Crippen LogP contribution in [0.5, 0.6) is 0 Å². The summed E-state index contributed by atoms with van der Waals surface area (Å²) < 4.78 is 2.50. The Kier molecular flexibility index (Phi) is 4.54. The van der Waals surface area contributed by atoms with E-state index < -0.39 is 0 Å². The Balaban J connectivity index is 2.05. The van der Waals surface area contributed by atoms with E-state index in [0.717, 1.165) is 17.9 Å². The number of nitrogens with zero attached hydrogens (tertiary/aromatic N) is 2. The molecule has 0 aliphatic heterocycles. The van der Waals surface area contributed by atoms with Gasteiger partial charge >= 0.3 is 0 Å². The van der Waals surface area contributed by atoms with Crippen molar-refractivity contribution in [2.24, 2.45) is 5.92 Å². The van der Waals surface area contributed by atoms with Gasteiger partial charge in [0.05, 0.1) is 11.0 Å². The molecule has 0 N–H and O–H groups in total. The summed E-state index contributed by atoms with van der Waals surface area (Å²) in [6.07, 6.45) is 7.44. The van der Waals surface area contributed by atoms with E-state index in [2.05, 4.69) is 36.6 Å². The molecule has 21 heavy (non-hydrogen) atoms. The summed E-state index contributed by atoms with van der Waals surface area (Å²) in [4.78, 5) is 4.85. The second-order valence-corrected chi connectivity index (χ2v) is 6.97. The molecule has 1 aromatic heterocycles. The average Bonchev–Trinajstić information content (AvgIpc) is 2.66. The van der Waals surface area contributed by atoms with Gasteiger partial charge in [-0.15, -0.1) is 11.6 Å². The van der Waals surface area contributed by atoms with Crippen molar-refractivity contribution in [2.75, 3.05) is 5.88 Å². The average molecular weight is 305 g/mol. The molecule has 1 aliphatic carbocycles. The van der Waals surface area contributed by atoms with Crippen LogP contribution >= 0.6 is 11.6 Å². The highest BCUT2D eigenvalue weighted by molar-refractivity contribution is 6.17. The Morgan fingerprint density at radius 3 is 2.90 bits per heavy atom. The van der Waals surface area contributed by atoms with Crippen LogP contribution in [0.15, 0.2) is 18.2 Å². The van der Waals surface area contributed by atoms with Crippen molar-refractivity contribution in [1.82, 2.24) is 9.55 Å². The summed E-state index contributed by atoms with van der Waals surface area (Å²) in [5.74, 6) is 2.68. The van der Waals surface area contributed by atoms with E-state index >= 15 is 0 Å². The fraction of sp³-hybridized carbons (Fsp3) is 0.611. The third-order valence-corrected chi connectivity index (χ3v) is 5.02. The summed E-state index contributed by atoms with van der Waals surface area (Å²) in [6.45, 7) is 4.55. The summed E-state index contributed by atoms with van der Waals surface area (Å²) in [7, 11) is 0. The first kappa shape index (κ1) is 14.9. The van der Waals surface area contributed by atoms with Crippen molar-refractivity contribution >= 4 is 22.6 Å². The number of hydrogen-bond acceptors (Lipinski definition) is 1. The fourth-order valence-corrected chi connectivity index (χ4v) is 3.82. The van der Waals surface area contributed by atoms with Gasteiger partial charge in [-0.3, -0.25) is 0 Å². The molecule has 3 heteroatoms. The summed E-state index contributed by atoms with van der Waals surface area (Å²) >= 11 is 6.01. The van der Waals surface area contributed by atoms with Crippen molar-refractivity contribution in [2.45, 2.75) is 58.4 Å². The minimum Gasteiger partial charge on any atom is -0.325 e. The lowest BCUT2D eigenvalue weighted by Crippen LogP contribution is -2.12. The predicted molar refractivity (Wildman–Crippen MR) is 90.2 cm³/mol. The molecule has 1 heterocycles. The van der Waals surface area contributed by atoms with Gasteiger partial charge in [0.25, 0.3) is 0 Å². The molecule has 2 aromatic rings. The number of aryl methyl sites for hydroxylation is 2. The fourth-order valence-electron chi connectivity index (χ4n) is 3.65. The minimum atomic E-state index is 0.597. The highest BCUT2D eigenvalue weighted by Crippen LogP contribution is 2.34. The SMILES string of the molecule is Cc1ccc2nc(CCCl)n(C3CCCC(C)CC3)c2c1. The van der Waals surface area contributed by atoms with Gasteiger partial charge in [-0.1, -0.05) is 25.8 Å². The van der Waals surface area contributed by atoms with E-state index in [0.29, 0.717) is 11.9 Å². The van der Waals surface area contributed by atoms with Gasteiger partial charge in [-0.2, -0.15) is 0 Å². The summed E-state index contributed by atoms with van der Waals surface area (Å²) in [6, 6.07) is 7.19. The van der Waals surface area contributed by atoms with Gasteiger partial charge in [0.15, 0.2) is 0 Å². The predicted octanol–water partition coefficient (Wildman–Crippen LogP) is 5.27. The zero-order chi connectivity index (χ0) is 14.8. The molecule has 1 aromatic carbocycles. The number of hydrogen-bond donors (Lipinski definition) is 0. The Bertz CT molecular complexity index is 617. The zero-order valence-electron chi connectivity index (χ0n) is 13.1. The number of halogens is 1. The molecule has 0 radical (unpaired) electrons. The number of alkyl halides is 1. The molecule has 0 amide bonds. The largest absolute Gasteiger partial charge is 0.325 e. The normalized spacial score (nSPS) is 23.4. The maximum Gasteiger partial charge on any atom is 0.111 e.